The number of rotatable bonds is 5. The fourth-order valence-electron chi connectivity index (χ4n) is 2.66. The Labute approximate surface area is 94.8 Å². The van der Waals surface area contributed by atoms with Gasteiger partial charge >= 0.3 is 0 Å². The van der Waals surface area contributed by atoms with E-state index in [4.69, 9.17) is 4.74 Å². The molecule has 1 rings (SSSR count). The van der Waals surface area contributed by atoms with Crippen molar-refractivity contribution < 1.29 is 4.74 Å². The van der Waals surface area contributed by atoms with Gasteiger partial charge in [-0.05, 0) is 31.1 Å². The van der Waals surface area contributed by atoms with Crippen LogP contribution in [0.1, 0.15) is 52.9 Å². The largest absolute Gasteiger partial charge is 0.383 e. The SMILES string of the molecule is CC[C@@H](COC)N[C@@H]1CCCC(C)(C)C1. The van der Waals surface area contributed by atoms with E-state index in [-0.39, 0.29) is 0 Å². The number of methoxy groups -OCH3 is 1. The van der Waals surface area contributed by atoms with E-state index in [1.54, 1.807) is 7.11 Å². The van der Waals surface area contributed by atoms with Gasteiger partial charge in [-0.1, -0.05) is 27.2 Å². The van der Waals surface area contributed by atoms with Crippen LogP contribution in [0.5, 0.6) is 0 Å². The Balaban J connectivity index is 2.36. The molecule has 1 aliphatic carbocycles. The lowest BCUT2D eigenvalue weighted by atomic mass is 9.75. The molecule has 0 unspecified atom stereocenters. The minimum absolute atomic E-state index is 0.529. The maximum Gasteiger partial charge on any atom is 0.0615 e. The molecule has 0 spiro atoms. The molecule has 2 atom stereocenters. The van der Waals surface area contributed by atoms with Gasteiger partial charge in [0, 0.05) is 19.2 Å². The van der Waals surface area contributed by atoms with Crippen molar-refractivity contribution in [1.82, 2.24) is 5.32 Å². The van der Waals surface area contributed by atoms with Crippen molar-refractivity contribution in [2.75, 3.05) is 13.7 Å². The van der Waals surface area contributed by atoms with E-state index < -0.39 is 0 Å². The molecule has 1 N–H and O–H groups in total. The van der Waals surface area contributed by atoms with E-state index in [0.29, 0.717) is 17.5 Å². The van der Waals surface area contributed by atoms with Crippen LogP contribution in [0.3, 0.4) is 0 Å². The van der Waals surface area contributed by atoms with Gasteiger partial charge in [0.05, 0.1) is 6.61 Å². The predicted molar refractivity (Wildman–Crippen MR) is 65.1 cm³/mol. The van der Waals surface area contributed by atoms with E-state index in [1.165, 1.54) is 25.7 Å². The zero-order valence-corrected chi connectivity index (χ0v) is 10.8. The Kier molecular flexibility index (Phi) is 5.07. The topological polar surface area (TPSA) is 21.3 Å². The van der Waals surface area contributed by atoms with Crippen molar-refractivity contribution in [1.29, 1.82) is 0 Å². The number of ether oxygens (including phenoxy) is 1. The molecule has 0 aliphatic heterocycles. The van der Waals surface area contributed by atoms with Crippen molar-refractivity contribution in [2.45, 2.75) is 65.0 Å². The monoisotopic (exact) mass is 213 g/mol. The standard InChI is InChI=1S/C13H27NO/c1-5-11(10-15-4)14-12-7-6-8-13(2,3)9-12/h11-12,14H,5-10H2,1-4H3/t11-,12+/m0/s1. The second-order valence-corrected chi connectivity index (χ2v) is 5.68. The normalized spacial score (nSPS) is 27.6. The third kappa shape index (κ3) is 4.52. The Bertz CT molecular complexity index is 179. The van der Waals surface area contributed by atoms with Crippen molar-refractivity contribution in [3.05, 3.63) is 0 Å². The summed E-state index contributed by atoms with van der Waals surface area (Å²) in [6.45, 7) is 7.84. The average molecular weight is 213 g/mol. The quantitative estimate of drug-likeness (QED) is 0.758. The van der Waals surface area contributed by atoms with Crippen LogP contribution in [0.25, 0.3) is 0 Å². The van der Waals surface area contributed by atoms with Crippen LogP contribution in [0.2, 0.25) is 0 Å². The number of hydrogen-bond acceptors (Lipinski definition) is 2. The first-order valence-corrected chi connectivity index (χ1v) is 6.32. The summed E-state index contributed by atoms with van der Waals surface area (Å²) in [4.78, 5) is 0. The van der Waals surface area contributed by atoms with Crippen LogP contribution < -0.4 is 5.32 Å². The number of hydrogen-bond donors (Lipinski definition) is 1. The molecule has 1 aliphatic rings. The van der Waals surface area contributed by atoms with Crippen LogP contribution in [0, 0.1) is 5.41 Å². The highest BCUT2D eigenvalue weighted by Gasteiger charge is 2.28. The summed E-state index contributed by atoms with van der Waals surface area (Å²) in [7, 11) is 1.79. The molecular weight excluding hydrogens is 186 g/mol. The maximum atomic E-state index is 5.23. The van der Waals surface area contributed by atoms with E-state index >= 15 is 0 Å². The molecule has 0 bridgehead atoms. The van der Waals surface area contributed by atoms with Gasteiger partial charge in [-0.25, -0.2) is 0 Å². The molecule has 1 fully saturated rings. The summed E-state index contributed by atoms with van der Waals surface area (Å²) < 4.78 is 5.23. The lowest BCUT2D eigenvalue weighted by Crippen LogP contribution is -2.44. The molecule has 0 amide bonds. The third-order valence-electron chi connectivity index (χ3n) is 3.54. The second-order valence-electron chi connectivity index (χ2n) is 5.68. The van der Waals surface area contributed by atoms with Crippen molar-refractivity contribution >= 4 is 0 Å². The molecule has 0 aromatic rings. The van der Waals surface area contributed by atoms with Crippen LogP contribution in [0.4, 0.5) is 0 Å². The molecule has 90 valence electrons. The fraction of sp³-hybridized carbons (Fsp3) is 1.00. The van der Waals surface area contributed by atoms with E-state index in [0.717, 1.165) is 13.0 Å². The van der Waals surface area contributed by atoms with E-state index in [9.17, 15) is 0 Å². The predicted octanol–water partition coefficient (Wildman–Crippen LogP) is 2.97. The zero-order chi connectivity index (χ0) is 11.3. The molecule has 0 aromatic heterocycles. The summed E-state index contributed by atoms with van der Waals surface area (Å²) >= 11 is 0. The van der Waals surface area contributed by atoms with Crippen molar-refractivity contribution in [3.8, 4) is 0 Å². The second kappa shape index (κ2) is 5.86. The van der Waals surface area contributed by atoms with Gasteiger partial charge in [0.2, 0.25) is 0 Å². The maximum absolute atomic E-state index is 5.23. The summed E-state index contributed by atoms with van der Waals surface area (Å²) in [6, 6.07) is 1.24. The van der Waals surface area contributed by atoms with Crippen LogP contribution >= 0.6 is 0 Å². The average Bonchev–Trinajstić information content (AvgIpc) is 2.15. The van der Waals surface area contributed by atoms with Crippen LogP contribution in [-0.2, 0) is 4.74 Å². The Morgan fingerprint density at radius 1 is 1.47 bits per heavy atom. The minimum atomic E-state index is 0.529. The summed E-state index contributed by atoms with van der Waals surface area (Å²) in [6.07, 6.45) is 6.56. The Morgan fingerprint density at radius 2 is 2.20 bits per heavy atom. The molecule has 2 heteroatoms. The lowest BCUT2D eigenvalue weighted by molar-refractivity contribution is 0.135. The first-order valence-electron chi connectivity index (χ1n) is 6.32. The fourth-order valence-corrected chi connectivity index (χ4v) is 2.66. The Hall–Kier alpha value is -0.0800. The number of nitrogens with one attached hydrogen (secondary N) is 1. The zero-order valence-electron chi connectivity index (χ0n) is 10.8. The highest BCUT2D eigenvalue weighted by molar-refractivity contribution is 4.85. The molecule has 1 saturated carbocycles. The van der Waals surface area contributed by atoms with Gasteiger partial charge < -0.3 is 10.1 Å². The van der Waals surface area contributed by atoms with Gasteiger partial charge in [-0.3, -0.25) is 0 Å². The first kappa shape index (κ1) is 13.0. The van der Waals surface area contributed by atoms with E-state index in [1.807, 2.05) is 0 Å². The lowest BCUT2D eigenvalue weighted by Gasteiger charge is -2.37. The van der Waals surface area contributed by atoms with E-state index in [2.05, 4.69) is 26.1 Å². The van der Waals surface area contributed by atoms with Gasteiger partial charge in [-0.2, -0.15) is 0 Å². The highest BCUT2D eigenvalue weighted by atomic mass is 16.5. The van der Waals surface area contributed by atoms with Crippen molar-refractivity contribution in [3.63, 3.8) is 0 Å². The van der Waals surface area contributed by atoms with Gasteiger partial charge in [0.25, 0.3) is 0 Å². The highest BCUT2D eigenvalue weighted by Crippen LogP contribution is 2.35. The van der Waals surface area contributed by atoms with Gasteiger partial charge in [0.1, 0.15) is 0 Å². The summed E-state index contributed by atoms with van der Waals surface area (Å²) in [5.41, 5.74) is 0.529. The van der Waals surface area contributed by atoms with Crippen LogP contribution in [0.15, 0.2) is 0 Å². The first-order chi connectivity index (χ1) is 7.07. The molecule has 0 aromatic carbocycles. The molecule has 0 heterocycles. The van der Waals surface area contributed by atoms with Crippen molar-refractivity contribution in [2.24, 2.45) is 5.41 Å². The third-order valence-corrected chi connectivity index (χ3v) is 3.54. The molecule has 2 nitrogen and oxygen atoms in total. The smallest absolute Gasteiger partial charge is 0.0615 e. The Morgan fingerprint density at radius 3 is 2.73 bits per heavy atom. The van der Waals surface area contributed by atoms with Crippen LogP contribution in [-0.4, -0.2) is 25.8 Å². The van der Waals surface area contributed by atoms with Gasteiger partial charge in [-0.15, -0.1) is 0 Å². The molecule has 15 heavy (non-hydrogen) atoms. The minimum Gasteiger partial charge on any atom is -0.383 e. The van der Waals surface area contributed by atoms with Gasteiger partial charge in [0.15, 0.2) is 0 Å². The molecular formula is C13H27NO. The summed E-state index contributed by atoms with van der Waals surface area (Å²) in [5.74, 6) is 0. The summed E-state index contributed by atoms with van der Waals surface area (Å²) in [5, 5.41) is 3.74. The molecule has 0 radical (unpaired) electrons. The molecule has 0 saturated heterocycles.